The van der Waals surface area contributed by atoms with Crippen LogP contribution in [0.1, 0.15) is 65.2 Å². The lowest BCUT2D eigenvalue weighted by molar-refractivity contribution is 0.244. The molecule has 0 heterocycles. The number of nitrogens with zero attached hydrogens (tertiary/aromatic N) is 1. The van der Waals surface area contributed by atoms with E-state index >= 15 is 0 Å². The van der Waals surface area contributed by atoms with E-state index in [1.54, 1.807) is 0 Å². The number of hydrogen-bond acceptors (Lipinski definition) is 2. The maximum Gasteiger partial charge on any atom is 0.0107 e. The van der Waals surface area contributed by atoms with E-state index in [0.717, 1.165) is 12.6 Å². The molecule has 1 aliphatic carbocycles. The molecule has 0 spiro atoms. The van der Waals surface area contributed by atoms with E-state index in [0.29, 0.717) is 6.04 Å². The maximum absolute atomic E-state index is 3.76. The van der Waals surface area contributed by atoms with Crippen LogP contribution in [0.3, 0.4) is 0 Å². The first-order valence-corrected chi connectivity index (χ1v) is 7.67. The monoisotopic (exact) mass is 240 g/mol. The highest BCUT2D eigenvalue weighted by Gasteiger charge is 2.11. The summed E-state index contributed by atoms with van der Waals surface area (Å²) in [6.45, 7) is 6.93. The zero-order chi connectivity index (χ0) is 12.5. The van der Waals surface area contributed by atoms with Gasteiger partial charge in [-0.05, 0) is 33.2 Å². The SMILES string of the molecule is CCC(C)N(C)CCNC1CCCCCCC1. The van der Waals surface area contributed by atoms with Crippen molar-refractivity contribution in [3.05, 3.63) is 0 Å². The summed E-state index contributed by atoms with van der Waals surface area (Å²) in [4.78, 5) is 2.47. The summed E-state index contributed by atoms with van der Waals surface area (Å²) < 4.78 is 0. The van der Waals surface area contributed by atoms with Crippen molar-refractivity contribution < 1.29 is 0 Å². The molecule has 1 rings (SSSR count). The first kappa shape index (κ1) is 15.0. The predicted octanol–water partition coefficient (Wildman–Crippen LogP) is 3.42. The van der Waals surface area contributed by atoms with Gasteiger partial charge in [0.2, 0.25) is 0 Å². The van der Waals surface area contributed by atoms with E-state index in [1.165, 1.54) is 57.9 Å². The lowest BCUT2D eigenvalue weighted by Gasteiger charge is -2.26. The van der Waals surface area contributed by atoms with Crippen LogP contribution in [-0.4, -0.2) is 37.1 Å². The Morgan fingerprint density at radius 2 is 1.71 bits per heavy atom. The minimum absolute atomic E-state index is 0.717. The summed E-state index contributed by atoms with van der Waals surface area (Å²) >= 11 is 0. The van der Waals surface area contributed by atoms with Crippen LogP contribution in [0, 0.1) is 0 Å². The molecule has 0 amide bonds. The van der Waals surface area contributed by atoms with Crippen LogP contribution in [0.15, 0.2) is 0 Å². The normalized spacial score (nSPS) is 21.2. The fourth-order valence-electron chi connectivity index (χ4n) is 2.64. The summed E-state index contributed by atoms with van der Waals surface area (Å²) in [5, 5.41) is 3.76. The second-order valence-corrected chi connectivity index (χ2v) is 5.73. The van der Waals surface area contributed by atoms with Gasteiger partial charge in [-0.2, -0.15) is 0 Å². The van der Waals surface area contributed by atoms with E-state index in [-0.39, 0.29) is 0 Å². The molecule has 1 N–H and O–H groups in total. The largest absolute Gasteiger partial charge is 0.313 e. The van der Waals surface area contributed by atoms with Crippen molar-refractivity contribution in [3.8, 4) is 0 Å². The van der Waals surface area contributed by atoms with Crippen LogP contribution in [0.5, 0.6) is 0 Å². The van der Waals surface area contributed by atoms with Crippen molar-refractivity contribution >= 4 is 0 Å². The van der Waals surface area contributed by atoms with E-state index in [2.05, 4.69) is 31.1 Å². The Balaban J connectivity index is 2.11. The quantitative estimate of drug-likeness (QED) is 0.765. The van der Waals surface area contributed by atoms with Gasteiger partial charge < -0.3 is 10.2 Å². The molecule has 0 radical (unpaired) electrons. The van der Waals surface area contributed by atoms with Crippen molar-refractivity contribution in [1.82, 2.24) is 10.2 Å². The Bertz CT molecular complexity index is 174. The Morgan fingerprint density at radius 3 is 2.29 bits per heavy atom. The van der Waals surface area contributed by atoms with Crippen molar-refractivity contribution in [2.75, 3.05) is 20.1 Å². The molecular weight excluding hydrogens is 208 g/mol. The molecule has 0 bridgehead atoms. The lowest BCUT2D eigenvalue weighted by Crippen LogP contribution is -2.39. The van der Waals surface area contributed by atoms with Gasteiger partial charge in [-0.25, -0.2) is 0 Å². The number of hydrogen-bond donors (Lipinski definition) is 1. The van der Waals surface area contributed by atoms with E-state index in [9.17, 15) is 0 Å². The Kier molecular flexibility index (Phi) is 7.87. The Labute approximate surface area is 108 Å². The highest BCUT2D eigenvalue weighted by atomic mass is 15.1. The van der Waals surface area contributed by atoms with Crippen molar-refractivity contribution in [2.24, 2.45) is 0 Å². The van der Waals surface area contributed by atoms with Crippen LogP contribution in [0.4, 0.5) is 0 Å². The minimum atomic E-state index is 0.717. The van der Waals surface area contributed by atoms with Crippen LogP contribution in [0.2, 0.25) is 0 Å². The summed E-state index contributed by atoms with van der Waals surface area (Å²) in [5.41, 5.74) is 0. The molecule has 102 valence electrons. The molecule has 0 saturated heterocycles. The fraction of sp³-hybridized carbons (Fsp3) is 1.00. The molecule has 1 unspecified atom stereocenters. The smallest absolute Gasteiger partial charge is 0.0107 e. The molecule has 0 aromatic heterocycles. The third-order valence-corrected chi connectivity index (χ3v) is 4.35. The highest BCUT2D eigenvalue weighted by molar-refractivity contribution is 4.71. The number of rotatable bonds is 6. The average Bonchev–Trinajstić information content (AvgIpc) is 2.30. The van der Waals surface area contributed by atoms with Gasteiger partial charge in [-0.1, -0.05) is 39.0 Å². The molecular formula is C15H32N2. The van der Waals surface area contributed by atoms with Crippen molar-refractivity contribution in [2.45, 2.75) is 77.3 Å². The van der Waals surface area contributed by atoms with E-state index < -0.39 is 0 Å². The number of nitrogens with one attached hydrogen (secondary N) is 1. The fourth-order valence-corrected chi connectivity index (χ4v) is 2.64. The van der Waals surface area contributed by atoms with Gasteiger partial charge in [0.25, 0.3) is 0 Å². The van der Waals surface area contributed by atoms with Gasteiger partial charge in [-0.15, -0.1) is 0 Å². The first-order chi connectivity index (χ1) is 8.24. The molecule has 1 fully saturated rings. The minimum Gasteiger partial charge on any atom is -0.313 e. The maximum atomic E-state index is 3.76. The summed E-state index contributed by atoms with van der Waals surface area (Å²) in [6.07, 6.45) is 11.3. The van der Waals surface area contributed by atoms with E-state index in [1.807, 2.05) is 0 Å². The first-order valence-electron chi connectivity index (χ1n) is 7.67. The summed E-state index contributed by atoms with van der Waals surface area (Å²) in [7, 11) is 2.24. The molecule has 1 saturated carbocycles. The van der Waals surface area contributed by atoms with Gasteiger partial charge >= 0.3 is 0 Å². The zero-order valence-corrected chi connectivity index (χ0v) is 12.2. The third kappa shape index (κ3) is 6.42. The van der Waals surface area contributed by atoms with Crippen LogP contribution < -0.4 is 5.32 Å². The highest BCUT2D eigenvalue weighted by Crippen LogP contribution is 2.16. The van der Waals surface area contributed by atoms with Gasteiger partial charge in [0.15, 0.2) is 0 Å². The average molecular weight is 240 g/mol. The molecule has 1 aliphatic rings. The van der Waals surface area contributed by atoms with Gasteiger partial charge in [0.05, 0.1) is 0 Å². The summed E-state index contributed by atoms with van der Waals surface area (Å²) in [5.74, 6) is 0. The second-order valence-electron chi connectivity index (χ2n) is 5.73. The Hall–Kier alpha value is -0.0800. The second kappa shape index (κ2) is 8.93. The predicted molar refractivity (Wildman–Crippen MR) is 76.5 cm³/mol. The molecule has 0 aliphatic heterocycles. The van der Waals surface area contributed by atoms with Gasteiger partial charge in [0, 0.05) is 25.2 Å². The zero-order valence-electron chi connectivity index (χ0n) is 12.2. The molecule has 0 aromatic carbocycles. The third-order valence-electron chi connectivity index (χ3n) is 4.35. The molecule has 17 heavy (non-hydrogen) atoms. The standard InChI is InChI=1S/C15H32N2/c1-4-14(2)17(3)13-12-16-15-10-8-6-5-7-9-11-15/h14-16H,4-13H2,1-3H3. The molecule has 2 nitrogen and oxygen atoms in total. The van der Waals surface area contributed by atoms with Gasteiger partial charge in [-0.3, -0.25) is 0 Å². The van der Waals surface area contributed by atoms with Crippen LogP contribution in [0.25, 0.3) is 0 Å². The topological polar surface area (TPSA) is 15.3 Å². The van der Waals surface area contributed by atoms with Crippen molar-refractivity contribution in [1.29, 1.82) is 0 Å². The van der Waals surface area contributed by atoms with Gasteiger partial charge in [0.1, 0.15) is 0 Å². The van der Waals surface area contributed by atoms with E-state index in [4.69, 9.17) is 0 Å². The molecule has 1 atom stereocenters. The van der Waals surface area contributed by atoms with Crippen molar-refractivity contribution in [3.63, 3.8) is 0 Å². The van der Waals surface area contributed by atoms with Crippen LogP contribution in [-0.2, 0) is 0 Å². The number of likely N-dealkylation sites (N-methyl/N-ethyl adjacent to an activating group) is 1. The van der Waals surface area contributed by atoms with Crippen LogP contribution >= 0.6 is 0 Å². The Morgan fingerprint density at radius 1 is 1.12 bits per heavy atom. The lowest BCUT2D eigenvalue weighted by atomic mass is 9.97. The molecule has 2 heteroatoms. The summed E-state index contributed by atoms with van der Waals surface area (Å²) in [6, 6.07) is 1.51. The molecule has 0 aromatic rings.